The third-order valence-electron chi connectivity index (χ3n) is 4.36. The molecule has 5 heteroatoms. The number of rotatable bonds is 5. The van der Waals surface area contributed by atoms with Gasteiger partial charge < -0.3 is 15.0 Å². The van der Waals surface area contributed by atoms with E-state index in [0.29, 0.717) is 31.0 Å². The highest BCUT2D eigenvalue weighted by Gasteiger charge is 2.25. The number of hydrogen-bond acceptors (Lipinski definition) is 3. The van der Waals surface area contributed by atoms with Crippen molar-refractivity contribution in [1.82, 2.24) is 4.90 Å². The van der Waals surface area contributed by atoms with Crippen LogP contribution in [0.25, 0.3) is 0 Å². The van der Waals surface area contributed by atoms with Gasteiger partial charge in [-0.1, -0.05) is 19.9 Å². The van der Waals surface area contributed by atoms with Crippen molar-refractivity contribution in [2.45, 2.75) is 39.7 Å². The van der Waals surface area contributed by atoms with E-state index in [9.17, 15) is 9.59 Å². The predicted molar refractivity (Wildman–Crippen MR) is 90.5 cm³/mol. The zero-order valence-corrected chi connectivity index (χ0v) is 14.2. The number of carbonyl (C=O) groups is 2. The number of carbonyl (C=O) groups excluding carboxylic acids is 2. The summed E-state index contributed by atoms with van der Waals surface area (Å²) in [5.41, 5.74) is 1.27. The highest BCUT2D eigenvalue weighted by molar-refractivity contribution is 5.97. The molecule has 1 saturated heterocycles. The molecule has 0 saturated carbocycles. The van der Waals surface area contributed by atoms with Gasteiger partial charge >= 0.3 is 0 Å². The summed E-state index contributed by atoms with van der Waals surface area (Å²) in [6.07, 6.45) is 1.62. The minimum atomic E-state index is -0.0144. The molecule has 1 aromatic carbocycles. The fraction of sp³-hybridized carbons (Fsp3) is 0.556. The summed E-state index contributed by atoms with van der Waals surface area (Å²) in [7, 11) is 0. The second-order valence-corrected chi connectivity index (χ2v) is 6.01. The Morgan fingerprint density at radius 2 is 2.09 bits per heavy atom. The Morgan fingerprint density at radius 3 is 2.74 bits per heavy atom. The van der Waals surface area contributed by atoms with E-state index in [1.165, 1.54) is 0 Å². The average molecular weight is 318 g/mol. The van der Waals surface area contributed by atoms with E-state index in [-0.39, 0.29) is 23.8 Å². The number of nitrogens with one attached hydrogen (secondary N) is 1. The van der Waals surface area contributed by atoms with Crippen molar-refractivity contribution in [2.24, 2.45) is 5.92 Å². The van der Waals surface area contributed by atoms with Gasteiger partial charge in [0.2, 0.25) is 5.91 Å². The molecule has 1 heterocycles. The summed E-state index contributed by atoms with van der Waals surface area (Å²) in [5, 5.41) is 2.92. The average Bonchev–Trinajstić information content (AvgIpc) is 2.56. The molecule has 0 spiro atoms. The SMILES string of the molecule is CCC(CC)C(=O)Nc1cccc(C(=O)N2CCOCC2C)c1. The lowest BCUT2D eigenvalue weighted by molar-refractivity contribution is -0.120. The second kappa shape index (κ2) is 8.11. The second-order valence-electron chi connectivity index (χ2n) is 6.01. The van der Waals surface area contributed by atoms with Crippen molar-refractivity contribution in [3.8, 4) is 0 Å². The van der Waals surface area contributed by atoms with E-state index >= 15 is 0 Å². The Morgan fingerprint density at radius 1 is 1.35 bits per heavy atom. The van der Waals surface area contributed by atoms with E-state index in [2.05, 4.69) is 5.32 Å². The van der Waals surface area contributed by atoms with Crippen LogP contribution in [0, 0.1) is 5.92 Å². The van der Waals surface area contributed by atoms with E-state index in [0.717, 1.165) is 12.8 Å². The minimum Gasteiger partial charge on any atom is -0.377 e. The first-order chi connectivity index (χ1) is 11.1. The maximum absolute atomic E-state index is 12.7. The molecule has 1 unspecified atom stereocenters. The number of nitrogens with zero attached hydrogens (tertiary/aromatic N) is 1. The highest BCUT2D eigenvalue weighted by atomic mass is 16.5. The number of amides is 2. The van der Waals surface area contributed by atoms with Crippen molar-refractivity contribution >= 4 is 17.5 Å². The summed E-state index contributed by atoms with van der Waals surface area (Å²) in [4.78, 5) is 26.7. The molecule has 1 atom stereocenters. The van der Waals surface area contributed by atoms with E-state index in [4.69, 9.17) is 4.74 Å². The topological polar surface area (TPSA) is 58.6 Å². The Balaban J connectivity index is 2.10. The third kappa shape index (κ3) is 4.32. The molecule has 0 bridgehead atoms. The molecule has 5 nitrogen and oxygen atoms in total. The highest BCUT2D eigenvalue weighted by Crippen LogP contribution is 2.18. The van der Waals surface area contributed by atoms with Crippen molar-refractivity contribution in [3.63, 3.8) is 0 Å². The van der Waals surface area contributed by atoms with Crippen LogP contribution in [0.4, 0.5) is 5.69 Å². The van der Waals surface area contributed by atoms with Gasteiger partial charge in [0.05, 0.1) is 19.3 Å². The minimum absolute atomic E-state index is 0.00798. The van der Waals surface area contributed by atoms with Crippen LogP contribution in [0.2, 0.25) is 0 Å². The van der Waals surface area contributed by atoms with Crippen LogP contribution in [-0.2, 0) is 9.53 Å². The maximum Gasteiger partial charge on any atom is 0.254 e. The van der Waals surface area contributed by atoms with Crippen LogP contribution in [0.3, 0.4) is 0 Å². The van der Waals surface area contributed by atoms with Gasteiger partial charge in [-0.25, -0.2) is 0 Å². The van der Waals surface area contributed by atoms with Crippen LogP contribution in [0.15, 0.2) is 24.3 Å². The Bertz CT molecular complexity index is 555. The summed E-state index contributed by atoms with van der Waals surface area (Å²) < 4.78 is 5.37. The molecular formula is C18H26N2O3. The lowest BCUT2D eigenvalue weighted by Crippen LogP contribution is -2.47. The van der Waals surface area contributed by atoms with Gasteiger partial charge in [0.15, 0.2) is 0 Å². The number of benzene rings is 1. The fourth-order valence-corrected chi connectivity index (χ4v) is 2.83. The lowest BCUT2D eigenvalue weighted by Gasteiger charge is -2.33. The van der Waals surface area contributed by atoms with Crippen LogP contribution in [0.5, 0.6) is 0 Å². The molecule has 1 aliphatic rings. The zero-order valence-electron chi connectivity index (χ0n) is 14.2. The first-order valence-corrected chi connectivity index (χ1v) is 8.36. The molecular weight excluding hydrogens is 292 g/mol. The molecule has 0 aliphatic carbocycles. The Hall–Kier alpha value is -1.88. The molecule has 2 amide bonds. The van der Waals surface area contributed by atoms with Crippen LogP contribution in [-0.4, -0.2) is 42.5 Å². The largest absolute Gasteiger partial charge is 0.377 e. The molecule has 1 aliphatic heterocycles. The van der Waals surface area contributed by atoms with E-state index in [1.807, 2.05) is 31.7 Å². The summed E-state index contributed by atoms with van der Waals surface area (Å²) in [5.74, 6) is 0.00685. The van der Waals surface area contributed by atoms with Crippen molar-refractivity contribution in [2.75, 3.05) is 25.1 Å². The van der Waals surface area contributed by atoms with Crippen LogP contribution in [0.1, 0.15) is 44.0 Å². The number of anilines is 1. The molecule has 0 radical (unpaired) electrons. The lowest BCUT2D eigenvalue weighted by atomic mass is 10.0. The summed E-state index contributed by atoms with van der Waals surface area (Å²) in [6, 6.07) is 7.24. The van der Waals surface area contributed by atoms with Crippen LogP contribution >= 0.6 is 0 Å². The molecule has 23 heavy (non-hydrogen) atoms. The number of morpholine rings is 1. The smallest absolute Gasteiger partial charge is 0.254 e. The van der Waals surface area contributed by atoms with E-state index < -0.39 is 0 Å². The van der Waals surface area contributed by atoms with Gasteiger partial charge in [0.25, 0.3) is 5.91 Å². The van der Waals surface area contributed by atoms with E-state index in [1.54, 1.807) is 18.2 Å². The molecule has 0 aromatic heterocycles. The van der Waals surface area contributed by atoms with Gasteiger partial charge in [0, 0.05) is 23.7 Å². The number of ether oxygens (including phenoxy) is 1. The fourth-order valence-electron chi connectivity index (χ4n) is 2.83. The molecule has 2 rings (SSSR count). The van der Waals surface area contributed by atoms with Crippen molar-refractivity contribution < 1.29 is 14.3 Å². The van der Waals surface area contributed by atoms with Gasteiger partial charge in [-0.3, -0.25) is 9.59 Å². The molecule has 1 aromatic rings. The van der Waals surface area contributed by atoms with Crippen LogP contribution < -0.4 is 5.32 Å². The number of hydrogen-bond donors (Lipinski definition) is 1. The van der Waals surface area contributed by atoms with Gasteiger partial charge in [-0.2, -0.15) is 0 Å². The molecule has 1 N–H and O–H groups in total. The normalized spacial score (nSPS) is 18.1. The zero-order chi connectivity index (χ0) is 16.8. The van der Waals surface area contributed by atoms with Crippen molar-refractivity contribution in [3.05, 3.63) is 29.8 Å². The molecule has 1 fully saturated rings. The standard InChI is InChI=1S/C18H26N2O3/c1-4-14(5-2)17(21)19-16-8-6-7-15(11-16)18(22)20-9-10-23-12-13(20)3/h6-8,11,13-14H,4-5,9-10,12H2,1-3H3,(H,19,21). The van der Waals surface area contributed by atoms with Crippen molar-refractivity contribution in [1.29, 1.82) is 0 Å². The van der Waals surface area contributed by atoms with Gasteiger partial charge in [0.1, 0.15) is 0 Å². The van der Waals surface area contributed by atoms with Gasteiger partial charge in [-0.15, -0.1) is 0 Å². The Labute approximate surface area is 138 Å². The summed E-state index contributed by atoms with van der Waals surface area (Å²) in [6.45, 7) is 7.74. The molecule has 126 valence electrons. The first-order valence-electron chi connectivity index (χ1n) is 8.36. The predicted octanol–water partition coefficient (Wildman–Crippen LogP) is 2.92. The summed E-state index contributed by atoms with van der Waals surface area (Å²) >= 11 is 0. The maximum atomic E-state index is 12.7. The first kappa shape index (κ1) is 17.5. The Kier molecular flexibility index (Phi) is 6.16. The quantitative estimate of drug-likeness (QED) is 0.908. The monoisotopic (exact) mass is 318 g/mol. The van der Waals surface area contributed by atoms with Gasteiger partial charge in [-0.05, 0) is 38.0 Å². The third-order valence-corrected chi connectivity index (χ3v) is 4.36.